The Hall–Kier alpha value is -2.73. The zero-order chi connectivity index (χ0) is 15.9. The highest BCUT2D eigenvalue weighted by atomic mass is 32.1. The van der Waals surface area contributed by atoms with Crippen molar-refractivity contribution in [2.45, 2.75) is 13.5 Å². The van der Waals surface area contributed by atoms with Gasteiger partial charge in [0.25, 0.3) is 0 Å². The molecular formula is C17H16N4OS. The molecule has 116 valence electrons. The lowest BCUT2D eigenvalue weighted by atomic mass is 10.2. The molecule has 1 N–H and O–H groups in total. The van der Waals surface area contributed by atoms with E-state index >= 15 is 0 Å². The average Bonchev–Trinajstić information content (AvgIpc) is 3.00. The second-order valence-electron chi connectivity index (χ2n) is 4.84. The molecule has 23 heavy (non-hydrogen) atoms. The van der Waals surface area contributed by atoms with Crippen LogP contribution in [0.2, 0.25) is 0 Å². The van der Waals surface area contributed by atoms with E-state index in [1.54, 1.807) is 12.4 Å². The number of thiazole rings is 1. The summed E-state index contributed by atoms with van der Waals surface area (Å²) in [5, 5.41) is 6.93. The number of hydrogen-bond donors (Lipinski definition) is 1. The number of rotatable bonds is 6. The fraction of sp³-hybridized carbons (Fsp3) is 0.118. The lowest BCUT2D eigenvalue weighted by molar-refractivity contribution is 0.301. The highest BCUT2D eigenvalue weighted by Crippen LogP contribution is 2.15. The lowest BCUT2D eigenvalue weighted by Crippen LogP contribution is -1.97. The van der Waals surface area contributed by atoms with E-state index in [4.69, 9.17) is 4.74 Å². The van der Waals surface area contributed by atoms with Gasteiger partial charge in [-0.1, -0.05) is 6.07 Å². The van der Waals surface area contributed by atoms with Crippen molar-refractivity contribution in [1.82, 2.24) is 9.97 Å². The molecule has 0 unspecified atom stereocenters. The van der Waals surface area contributed by atoms with Gasteiger partial charge in [0.1, 0.15) is 12.4 Å². The Labute approximate surface area is 138 Å². The van der Waals surface area contributed by atoms with Crippen molar-refractivity contribution in [3.05, 3.63) is 71.0 Å². The zero-order valence-corrected chi connectivity index (χ0v) is 13.5. The van der Waals surface area contributed by atoms with Gasteiger partial charge in [-0.2, -0.15) is 5.10 Å². The summed E-state index contributed by atoms with van der Waals surface area (Å²) in [6.07, 6.45) is 3.51. The normalized spacial score (nSPS) is 10.8. The first-order valence-electron chi connectivity index (χ1n) is 7.13. The largest absolute Gasteiger partial charge is 0.487 e. The standard InChI is InChI=1S/C17H16N4OS/c1-13-12-23-17(20-13)21-19-10-14-5-7-16(8-6-14)22-11-15-4-2-3-9-18-15/h2-10,12H,11H2,1H3,(H,20,21). The molecule has 0 radical (unpaired) electrons. The Balaban J connectivity index is 1.52. The van der Waals surface area contributed by atoms with Crippen molar-refractivity contribution in [2.24, 2.45) is 5.10 Å². The molecule has 0 aliphatic heterocycles. The van der Waals surface area contributed by atoms with E-state index in [0.717, 1.165) is 27.8 Å². The third-order valence-corrected chi connectivity index (χ3v) is 3.85. The van der Waals surface area contributed by atoms with Crippen molar-refractivity contribution >= 4 is 22.7 Å². The van der Waals surface area contributed by atoms with E-state index in [1.165, 1.54) is 11.3 Å². The van der Waals surface area contributed by atoms with Crippen LogP contribution >= 0.6 is 11.3 Å². The quantitative estimate of drug-likeness (QED) is 0.552. The van der Waals surface area contributed by atoms with Crippen LogP contribution < -0.4 is 10.2 Å². The smallest absolute Gasteiger partial charge is 0.203 e. The maximum Gasteiger partial charge on any atom is 0.203 e. The van der Waals surface area contributed by atoms with Gasteiger partial charge in [0, 0.05) is 11.6 Å². The molecule has 0 aliphatic rings. The molecule has 3 rings (SSSR count). The van der Waals surface area contributed by atoms with Gasteiger partial charge in [0.2, 0.25) is 5.13 Å². The van der Waals surface area contributed by atoms with Gasteiger partial charge in [0.05, 0.1) is 17.6 Å². The van der Waals surface area contributed by atoms with Gasteiger partial charge in [0.15, 0.2) is 0 Å². The topological polar surface area (TPSA) is 59.4 Å². The number of nitrogens with one attached hydrogen (secondary N) is 1. The van der Waals surface area contributed by atoms with Crippen LogP contribution in [0.1, 0.15) is 17.0 Å². The third kappa shape index (κ3) is 4.62. The first-order valence-corrected chi connectivity index (χ1v) is 8.01. The van der Waals surface area contributed by atoms with Crippen LogP contribution in [0.15, 0.2) is 59.1 Å². The maximum atomic E-state index is 5.69. The molecule has 0 aliphatic carbocycles. The molecule has 2 heterocycles. The van der Waals surface area contributed by atoms with Crippen molar-refractivity contribution in [1.29, 1.82) is 0 Å². The summed E-state index contributed by atoms with van der Waals surface area (Å²) in [7, 11) is 0. The number of pyridine rings is 1. The number of nitrogens with zero attached hydrogens (tertiary/aromatic N) is 3. The van der Waals surface area contributed by atoms with Crippen LogP contribution in [0.3, 0.4) is 0 Å². The molecule has 5 nitrogen and oxygen atoms in total. The second kappa shape index (κ2) is 7.51. The summed E-state index contributed by atoms with van der Waals surface area (Å²) < 4.78 is 5.69. The van der Waals surface area contributed by atoms with Crippen LogP contribution in [0, 0.1) is 6.92 Å². The van der Waals surface area contributed by atoms with Crippen molar-refractivity contribution in [3.63, 3.8) is 0 Å². The van der Waals surface area contributed by atoms with Gasteiger partial charge in [-0.15, -0.1) is 11.3 Å². The van der Waals surface area contributed by atoms with Gasteiger partial charge >= 0.3 is 0 Å². The highest BCUT2D eigenvalue weighted by molar-refractivity contribution is 7.13. The van der Waals surface area contributed by atoms with Crippen molar-refractivity contribution in [3.8, 4) is 5.75 Å². The lowest BCUT2D eigenvalue weighted by Gasteiger charge is -2.05. The Bertz CT molecular complexity index is 769. The molecule has 0 fully saturated rings. The molecule has 0 amide bonds. The molecular weight excluding hydrogens is 308 g/mol. The highest BCUT2D eigenvalue weighted by Gasteiger charge is 1.97. The van der Waals surface area contributed by atoms with E-state index in [1.807, 2.05) is 54.8 Å². The number of aromatic nitrogens is 2. The summed E-state index contributed by atoms with van der Waals surface area (Å²) in [6, 6.07) is 13.5. The van der Waals surface area contributed by atoms with E-state index in [2.05, 4.69) is 20.5 Å². The number of benzene rings is 1. The van der Waals surface area contributed by atoms with E-state index in [9.17, 15) is 0 Å². The molecule has 0 spiro atoms. The van der Waals surface area contributed by atoms with Crippen LogP contribution in [0.25, 0.3) is 0 Å². The number of ether oxygens (including phenoxy) is 1. The molecule has 1 aromatic carbocycles. The predicted molar refractivity (Wildman–Crippen MR) is 93.1 cm³/mol. The van der Waals surface area contributed by atoms with Gasteiger partial charge in [-0.3, -0.25) is 10.4 Å². The van der Waals surface area contributed by atoms with Gasteiger partial charge in [-0.25, -0.2) is 4.98 Å². The maximum absolute atomic E-state index is 5.69. The minimum Gasteiger partial charge on any atom is -0.487 e. The predicted octanol–water partition coefficient (Wildman–Crippen LogP) is 3.87. The van der Waals surface area contributed by atoms with Gasteiger partial charge in [-0.05, 0) is 48.9 Å². The Morgan fingerprint density at radius 1 is 1.22 bits per heavy atom. The summed E-state index contributed by atoms with van der Waals surface area (Å²) in [5.74, 6) is 0.802. The number of hydrogen-bond acceptors (Lipinski definition) is 6. The summed E-state index contributed by atoms with van der Waals surface area (Å²) in [6.45, 7) is 2.41. The second-order valence-corrected chi connectivity index (χ2v) is 5.70. The Morgan fingerprint density at radius 2 is 2.09 bits per heavy atom. The van der Waals surface area contributed by atoms with E-state index < -0.39 is 0 Å². The SMILES string of the molecule is Cc1csc(NN=Cc2ccc(OCc3ccccn3)cc2)n1. The summed E-state index contributed by atoms with van der Waals surface area (Å²) in [5.41, 5.74) is 5.79. The molecule has 2 aromatic heterocycles. The van der Waals surface area contributed by atoms with E-state index in [0.29, 0.717) is 6.61 Å². The minimum absolute atomic E-state index is 0.458. The Kier molecular flexibility index (Phi) is 4.95. The first kappa shape index (κ1) is 15.2. The summed E-state index contributed by atoms with van der Waals surface area (Å²) in [4.78, 5) is 8.50. The van der Waals surface area contributed by atoms with Crippen molar-refractivity contribution in [2.75, 3.05) is 5.43 Å². The van der Waals surface area contributed by atoms with Gasteiger partial charge < -0.3 is 4.74 Å². The third-order valence-electron chi connectivity index (χ3n) is 2.99. The Morgan fingerprint density at radius 3 is 2.78 bits per heavy atom. The molecule has 0 bridgehead atoms. The number of hydrazone groups is 1. The zero-order valence-electron chi connectivity index (χ0n) is 12.6. The first-order chi connectivity index (χ1) is 11.3. The number of aryl methyl sites for hydroxylation is 1. The van der Waals surface area contributed by atoms with Crippen LogP contribution in [-0.4, -0.2) is 16.2 Å². The van der Waals surface area contributed by atoms with Crippen LogP contribution in [-0.2, 0) is 6.61 Å². The minimum atomic E-state index is 0.458. The fourth-order valence-electron chi connectivity index (χ4n) is 1.86. The molecule has 3 aromatic rings. The molecule has 6 heteroatoms. The summed E-state index contributed by atoms with van der Waals surface area (Å²) >= 11 is 1.53. The van der Waals surface area contributed by atoms with Crippen molar-refractivity contribution < 1.29 is 4.74 Å². The number of anilines is 1. The average molecular weight is 324 g/mol. The monoisotopic (exact) mass is 324 g/mol. The molecule has 0 saturated carbocycles. The van der Waals surface area contributed by atoms with Crippen LogP contribution in [0.5, 0.6) is 5.75 Å². The molecule has 0 atom stereocenters. The fourth-order valence-corrected chi connectivity index (χ4v) is 2.50. The van der Waals surface area contributed by atoms with Crippen LogP contribution in [0.4, 0.5) is 5.13 Å². The van der Waals surface area contributed by atoms with E-state index in [-0.39, 0.29) is 0 Å². The molecule has 0 saturated heterocycles.